The lowest BCUT2D eigenvalue weighted by molar-refractivity contribution is -0.00645. The molecule has 158 valence electrons. The summed E-state index contributed by atoms with van der Waals surface area (Å²) >= 11 is 3.65. The van der Waals surface area contributed by atoms with Crippen molar-refractivity contribution in [3.05, 3.63) is 88.4 Å². The van der Waals surface area contributed by atoms with Crippen LogP contribution in [0.25, 0.3) is 11.1 Å². The third kappa shape index (κ3) is 3.74. The molecule has 4 aliphatic carbocycles. The first-order valence-electron chi connectivity index (χ1n) is 11.7. The first-order chi connectivity index (χ1) is 15.2. The second-order valence-electron chi connectivity index (χ2n) is 10.2. The van der Waals surface area contributed by atoms with Crippen LogP contribution in [0.2, 0.25) is 0 Å². The Hall–Kier alpha value is -2.06. The van der Waals surface area contributed by atoms with Crippen LogP contribution in [0.3, 0.4) is 0 Å². The topological polar surface area (TPSA) is 9.23 Å². The van der Waals surface area contributed by atoms with Crippen molar-refractivity contribution in [2.75, 3.05) is 0 Å². The molecular weight excluding hydrogens is 444 g/mol. The van der Waals surface area contributed by atoms with E-state index in [0.717, 1.165) is 28.0 Å². The van der Waals surface area contributed by atoms with Gasteiger partial charge in [0.15, 0.2) is 0 Å². The fraction of sp³-hybridized carbons (Fsp3) is 0.379. The Morgan fingerprint density at radius 1 is 0.742 bits per heavy atom. The molecule has 0 atom stereocenters. The fourth-order valence-electron chi connectivity index (χ4n) is 7.09. The first-order valence-corrected chi connectivity index (χ1v) is 12.5. The van der Waals surface area contributed by atoms with Crippen LogP contribution in [0.5, 0.6) is 5.75 Å². The SMILES string of the molecule is Brc1cccc(-c2ccc(OCc3ccccc3)c(C34CC5CC(CC(C5)C3)C4)c2)c1. The van der Waals surface area contributed by atoms with Gasteiger partial charge in [0.1, 0.15) is 12.4 Å². The molecule has 0 unspecified atom stereocenters. The molecule has 4 bridgehead atoms. The highest BCUT2D eigenvalue weighted by molar-refractivity contribution is 9.10. The van der Waals surface area contributed by atoms with E-state index in [0.29, 0.717) is 12.0 Å². The summed E-state index contributed by atoms with van der Waals surface area (Å²) in [6, 6.07) is 26.2. The van der Waals surface area contributed by atoms with Gasteiger partial charge in [-0.25, -0.2) is 0 Å². The van der Waals surface area contributed by atoms with Crippen LogP contribution in [-0.2, 0) is 12.0 Å². The maximum Gasteiger partial charge on any atom is 0.123 e. The van der Waals surface area contributed by atoms with E-state index in [1.165, 1.54) is 60.8 Å². The van der Waals surface area contributed by atoms with Crippen molar-refractivity contribution in [1.82, 2.24) is 0 Å². The molecule has 4 fully saturated rings. The summed E-state index contributed by atoms with van der Waals surface area (Å²) in [6.07, 6.45) is 8.44. The third-order valence-electron chi connectivity index (χ3n) is 7.98. The van der Waals surface area contributed by atoms with Gasteiger partial charge in [0.2, 0.25) is 0 Å². The molecule has 0 spiro atoms. The quantitative estimate of drug-likeness (QED) is 0.363. The van der Waals surface area contributed by atoms with Crippen LogP contribution in [0, 0.1) is 17.8 Å². The van der Waals surface area contributed by atoms with Gasteiger partial charge < -0.3 is 4.74 Å². The normalized spacial score (nSPS) is 28.6. The number of halogens is 1. The largest absolute Gasteiger partial charge is 0.489 e. The van der Waals surface area contributed by atoms with E-state index in [1.807, 2.05) is 0 Å². The summed E-state index contributed by atoms with van der Waals surface area (Å²) in [5.74, 6) is 3.86. The Labute approximate surface area is 194 Å². The van der Waals surface area contributed by atoms with E-state index in [9.17, 15) is 0 Å². The lowest BCUT2D eigenvalue weighted by atomic mass is 9.48. The summed E-state index contributed by atoms with van der Waals surface area (Å²) in [5.41, 5.74) is 5.59. The summed E-state index contributed by atoms with van der Waals surface area (Å²) in [7, 11) is 0. The van der Waals surface area contributed by atoms with E-state index in [2.05, 4.69) is 88.7 Å². The standard InChI is InChI=1S/C29H29BrO/c30-26-8-4-7-24(14-26)25-9-10-28(31-19-20-5-2-1-3-6-20)27(15-25)29-16-21-11-22(17-29)13-23(12-21)18-29/h1-10,14-15,21-23H,11-13,16-19H2. The zero-order chi connectivity index (χ0) is 20.8. The van der Waals surface area contributed by atoms with Crippen molar-refractivity contribution in [2.45, 2.75) is 50.5 Å². The second-order valence-corrected chi connectivity index (χ2v) is 11.1. The molecule has 0 N–H and O–H groups in total. The first kappa shape index (κ1) is 19.6. The molecule has 0 radical (unpaired) electrons. The van der Waals surface area contributed by atoms with Crippen molar-refractivity contribution in [3.63, 3.8) is 0 Å². The zero-order valence-corrected chi connectivity index (χ0v) is 19.5. The molecule has 4 aliphatic rings. The second kappa shape index (κ2) is 7.81. The maximum absolute atomic E-state index is 6.52. The molecule has 0 heterocycles. The van der Waals surface area contributed by atoms with Crippen molar-refractivity contribution in [1.29, 1.82) is 0 Å². The molecule has 0 aliphatic heterocycles. The molecule has 1 nitrogen and oxygen atoms in total. The fourth-order valence-corrected chi connectivity index (χ4v) is 7.49. The molecule has 2 heteroatoms. The molecular formula is C29H29BrO. The summed E-state index contributed by atoms with van der Waals surface area (Å²) in [6.45, 7) is 0.635. The van der Waals surface area contributed by atoms with Crippen LogP contribution >= 0.6 is 15.9 Å². The van der Waals surface area contributed by atoms with Gasteiger partial charge in [-0.2, -0.15) is 0 Å². The number of hydrogen-bond donors (Lipinski definition) is 0. The van der Waals surface area contributed by atoms with E-state index >= 15 is 0 Å². The summed E-state index contributed by atoms with van der Waals surface area (Å²) in [5, 5.41) is 0. The minimum Gasteiger partial charge on any atom is -0.489 e. The van der Waals surface area contributed by atoms with Crippen molar-refractivity contribution in [2.24, 2.45) is 17.8 Å². The molecule has 4 saturated carbocycles. The van der Waals surface area contributed by atoms with Crippen LogP contribution in [0.4, 0.5) is 0 Å². The van der Waals surface area contributed by atoms with Crippen LogP contribution in [-0.4, -0.2) is 0 Å². The predicted octanol–water partition coefficient (Wildman–Crippen LogP) is 8.16. The van der Waals surface area contributed by atoms with Gasteiger partial charge in [-0.3, -0.25) is 0 Å². The third-order valence-corrected chi connectivity index (χ3v) is 8.48. The van der Waals surface area contributed by atoms with Crippen molar-refractivity contribution in [3.8, 4) is 16.9 Å². The number of ether oxygens (including phenoxy) is 1. The number of benzene rings is 3. The van der Waals surface area contributed by atoms with Gasteiger partial charge in [-0.05, 0) is 103 Å². The molecule has 0 aromatic heterocycles. The highest BCUT2D eigenvalue weighted by atomic mass is 79.9. The Balaban J connectivity index is 1.41. The number of hydrogen-bond acceptors (Lipinski definition) is 1. The monoisotopic (exact) mass is 472 g/mol. The van der Waals surface area contributed by atoms with E-state index in [1.54, 1.807) is 0 Å². The van der Waals surface area contributed by atoms with E-state index in [-0.39, 0.29) is 0 Å². The molecule has 0 amide bonds. The molecule has 0 saturated heterocycles. The van der Waals surface area contributed by atoms with Gasteiger partial charge in [-0.1, -0.05) is 64.5 Å². The highest BCUT2D eigenvalue weighted by Gasteiger charge is 2.52. The summed E-state index contributed by atoms with van der Waals surface area (Å²) < 4.78 is 7.65. The maximum atomic E-state index is 6.52. The smallest absolute Gasteiger partial charge is 0.123 e. The zero-order valence-electron chi connectivity index (χ0n) is 17.9. The van der Waals surface area contributed by atoms with Gasteiger partial charge in [0.25, 0.3) is 0 Å². The predicted molar refractivity (Wildman–Crippen MR) is 130 cm³/mol. The van der Waals surface area contributed by atoms with Crippen molar-refractivity contribution < 1.29 is 4.74 Å². The van der Waals surface area contributed by atoms with Crippen LogP contribution < -0.4 is 4.74 Å². The molecule has 3 aromatic rings. The summed E-state index contributed by atoms with van der Waals surface area (Å²) in [4.78, 5) is 0. The average Bonchev–Trinajstić information content (AvgIpc) is 2.77. The molecule has 7 rings (SSSR count). The van der Waals surface area contributed by atoms with Gasteiger partial charge in [0, 0.05) is 10.0 Å². The van der Waals surface area contributed by atoms with Gasteiger partial charge in [0.05, 0.1) is 0 Å². The van der Waals surface area contributed by atoms with E-state index in [4.69, 9.17) is 4.74 Å². The van der Waals surface area contributed by atoms with Gasteiger partial charge in [-0.15, -0.1) is 0 Å². The van der Waals surface area contributed by atoms with Gasteiger partial charge >= 0.3 is 0 Å². The van der Waals surface area contributed by atoms with Crippen LogP contribution in [0.1, 0.15) is 49.7 Å². The van der Waals surface area contributed by atoms with Crippen LogP contribution in [0.15, 0.2) is 77.3 Å². The minimum absolute atomic E-state index is 0.308. The molecule has 31 heavy (non-hydrogen) atoms. The van der Waals surface area contributed by atoms with E-state index < -0.39 is 0 Å². The lowest BCUT2D eigenvalue weighted by Crippen LogP contribution is -2.48. The number of rotatable bonds is 5. The Morgan fingerprint density at radius 3 is 2.10 bits per heavy atom. The Bertz CT molecular complexity index is 1050. The lowest BCUT2D eigenvalue weighted by Gasteiger charge is -2.57. The van der Waals surface area contributed by atoms with Crippen molar-refractivity contribution >= 4 is 15.9 Å². The average molecular weight is 473 g/mol. The Morgan fingerprint density at radius 2 is 1.42 bits per heavy atom. The minimum atomic E-state index is 0.308. The molecule has 3 aromatic carbocycles. The highest BCUT2D eigenvalue weighted by Crippen LogP contribution is 2.62. The Kier molecular flexibility index (Phi) is 4.94.